The third kappa shape index (κ3) is 4.19. The average Bonchev–Trinajstić information content (AvgIpc) is 2.48. The zero-order valence-corrected chi connectivity index (χ0v) is 11.3. The molecule has 0 spiro atoms. The van der Waals surface area contributed by atoms with Crippen LogP contribution in [-0.2, 0) is 11.3 Å². The number of halogens is 3. The highest BCUT2D eigenvalue weighted by Crippen LogP contribution is 2.14. The molecule has 6 heteroatoms. The van der Waals surface area contributed by atoms with Crippen molar-refractivity contribution in [3.8, 4) is 0 Å². The minimum Gasteiger partial charge on any atom is -0.379 e. The van der Waals surface area contributed by atoms with Crippen molar-refractivity contribution >= 4 is 0 Å². The molecule has 1 aromatic rings. The van der Waals surface area contributed by atoms with E-state index in [4.69, 9.17) is 4.74 Å². The monoisotopic (exact) mass is 288 g/mol. The Morgan fingerprint density at radius 3 is 2.60 bits per heavy atom. The van der Waals surface area contributed by atoms with Gasteiger partial charge >= 0.3 is 0 Å². The predicted molar refractivity (Wildman–Crippen MR) is 69.9 cm³/mol. The summed E-state index contributed by atoms with van der Waals surface area (Å²) in [6.07, 6.45) is 0.922. The molecule has 0 atom stereocenters. The van der Waals surface area contributed by atoms with Crippen LogP contribution in [0.15, 0.2) is 12.1 Å². The van der Waals surface area contributed by atoms with Gasteiger partial charge in [-0.1, -0.05) is 6.07 Å². The SMILES string of the molecule is Fc1ccc(CNCCCN2CCOCC2)c(F)c1F. The molecule has 1 aliphatic rings. The van der Waals surface area contributed by atoms with Crippen LogP contribution in [0.4, 0.5) is 13.2 Å². The molecule has 0 radical (unpaired) electrons. The Bertz CT molecular complexity index is 437. The predicted octanol–water partition coefficient (Wildman–Crippen LogP) is 1.92. The van der Waals surface area contributed by atoms with Crippen LogP contribution in [0.3, 0.4) is 0 Å². The third-order valence-corrected chi connectivity index (χ3v) is 3.36. The molecule has 1 N–H and O–H groups in total. The summed E-state index contributed by atoms with van der Waals surface area (Å²) in [4.78, 5) is 2.31. The summed E-state index contributed by atoms with van der Waals surface area (Å²) in [7, 11) is 0. The number of nitrogens with one attached hydrogen (secondary N) is 1. The highest BCUT2D eigenvalue weighted by Gasteiger charge is 2.13. The first-order valence-corrected chi connectivity index (χ1v) is 6.81. The van der Waals surface area contributed by atoms with Crippen LogP contribution in [0.25, 0.3) is 0 Å². The fraction of sp³-hybridized carbons (Fsp3) is 0.571. The molecule has 2 rings (SSSR count). The van der Waals surface area contributed by atoms with Crippen LogP contribution in [0.1, 0.15) is 12.0 Å². The summed E-state index contributed by atoms with van der Waals surface area (Å²) in [6, 6.07) is 2.21. The van der Waals surface area contributed by atoms with E-state index in [0.29, 0.717) is 6.54 Å². The van der Waals surface area contributed by atoms with Crippen LogP contribution >= 0.6 is 0 Å². The number of benzene rings is 1. The molecule has 1 aromatic carbocycles. The zero-order valence-electron chi connectivity index (χ0n) is 11.3. The summed E-state index contributed by atoms with van der Waals surface area (Å²) < 4.78 is 44.4. The molecule has 1 saturated heterocycles. The van der Waals surface area contributed by atoms with E-state index in [1.165, 1.54) is 6.07 Å². The summed E-state index contributed by atoms with van der Waals surface area (Å²) >= 11 is 0. The van der Waals surface area contributed by atoms with Crippen LogP contribution in [-0.4, -0.2) is 44.3 Å². The number of ether oxygens (including phenoxy) is 1. The lowest BCUT2D eigenvalue weighted by Gasteiger charge is -2.26. The molecule has 0 aromatic heterocycles. The van der Waals surface area contributed by atoms with Gasteiger partial charge in [0, 0.05) is 25.2 Å². The quantitative estimate of drug-likeness (QED) is 0.639. The summed E-state index contributed by atoms with van der Waals surface area (Å²) in [6.45, 7) is 5.29. The fourth-order valence-corrected chi connectivity index (χ4v) is 2.18. The van der Waals surface area contributed by atoms with Gasteiger partial charge in [0.25, 0.3) is 0 Å². The van der Waals surface area contributed by atoms with Crippen molar-refractivity contribution in [2.24, 2.45) is 0 Å². The van der Waals surface area contributed by atoms with Gasteiger partial charge in [0.2, 0.25) is 0 Å². The topological polar surface area (TPSA) is 24.5 Å². The van der Waals surface area contributed by atoms with Crippen molar-refractivity contribution in [2.45, 2.75) is 13.0 Å². The summed E-state index contributed by atoms with van der Waals surface area (Å²) in [5.41, 5.74) is 0.148. The van der Waals surface area contributed by atoms with Gasteiger partial charge in [0.15, 0.2) is 17.5 Å². The first kappa shape index (κ1) is 15.3. The number of hydrogen-bond acceptors (Lipinski definition) is 3. The molecule has 1 aliphatic heterocycles. The Kier molecular flexibility index (Phi) is 5.82. The second-order valence-corrected chi connectivity index (χ2v) is 4.82. The smallest absolute Gasteiger partial charge is 0.194 e. The van der Waals surface area contributed by atoms with Crippen LogP contribution in [0.2, 0.25) is 0 Å². The number of nitrogens with zero attached hydrogens (tertiary/aromatic N) is 1. The van der Waals surface area contributed by atoms with E-state index in [-0.39, 0.29) is 12.1 Å². The minimum absolute atomic E-state index is 0.148. The van der Waals surface area contributed by atoms with Crippen molar-refractivity contribution in [3.05, 3.63) is 35.1 Å². The molecule has 20 heavy (non-hydrogen) atoms. The van der Waals surface area contributed by atoms with Gasteiger partial charge in [0.05, 0.1) is 13.2 Å². The zero-order chi connectivity index (χ0) is 14.4. The van der Waals surface area contributed by atoms with E-state index in [9.17, 15) is 13.2 Å². The van der Waals surface area contributed by atoms with Crippen molar-refractivity contribution in [1.29, 1.82) is 0 Å². The number of morpholine rings is 1. The molecule has 0 amide bonds. The number of hydrogen-bond donors (Lipinski definition) is 1. The maximum atomic E-state index is 13.4. The first-order chi connectivity index (χ1) is 9.68. The normalized spacial score (nSPS) is 16.6. The van der Waals surface area contributed by atoms with E-state index < -0.39 is 17.5 Å². The van der Waals surface area contributed by atoms with E-state index in [2.05, 4.69) is 10.2 Å². The molecule has 1 fully saturated rings. The Morgan fingerprint density at radius 1 is 1.10 bits per heavy atom. The largest absolute Gasteiger partial charge is 0.379 e. The first-order valence-electron chi connectivity index (χ1n) is 6.81. The van der Waals surface area contributed by atoms with Crippen LogP contribution in [0, 0.1) is 17.5 Å². The molecule has 0 aliphatic carbocycles. The van der Waals surface area contributed by atoms with Gasteiger partial charge in [0.1, 0.15) is 0 Å². The average molecular weight is 288 g/mol. The summed E-state index contributed by atoms with van der Waals surface area (Å²) in [5, 5.41) is 3.04. The van der Waals surface area contributed by atoms with Crippen LogP contribution < -0.4 is 5.32 Å². The fourth-order valence-electron chi connectivity index (χ4n) is 2.18. The lowest BCUT2D eigenvalue weighted by molar-refractivity contribution is 0.0374. The highest BCUT2D eigenvalue weighted by molar-refractivity contribution is 5.20. The molecule has 0 unspecified atom stereocenters. The maximum absolute atomic E-state index is 13.4. The standard InChI is InChI=1S/C14H19F3N2O/c15-12-3-2-11(13(16)14(12)17)10-18-4-1-5-19-6-8-20-9-7-19/h2-3,18H,1,4-10H2. The van der Waals surface area contributed by atoms with Gasteiger partial charge < -0.3 is 10.1 Å². The van der Waals surface area contributed by atoms with Crippen molar-refractivity contribution in [3.63, 3.8) is 0 Å². The third-order valence-electron chi connectivity index (χ3n) is 3.36. The lowest BCUT2D eigenvalue weighted by atomic mass is 10.2. The molecular formula is C14H19F3N2O. The Morgan fingerprint density at radius 2 is 1.85 bits per heavy atom. The second-order valence-electron chi connectivity index (χ2n) is 4.82. The van der Waals surface area contributed by atoms with Gasteiger partial charge in [-0.05, 0) is 25.6 Å². The molecule has 3 nitrogen and oxygen atoms in total. The Hall–Kier alpha value is -1.11. The molecule has 112 valence electrons. The highest BCUT2D eigenvalue weighted by atomic mass is 19.2. The van der Waals surface area contributed by atoms with E-state index >= 15 is 0 Å². The van der Waals surface area contributed by atoms with Gasteiger partial charge in [-0.2, -0.15) is 0 Å². The van der Waals surface area contributed by atoms with E-state index in [0.717, 1.165) is 45.3 Å². The second kappa shape index (κ2) is 7.61. The van der Waals surface area contributed by atoms with Crippen LogP contribution in [0.5, 0.6) is 0 Å². The van der Waals surface area contributed by atoms with Gasteiger partial charge in [-0.25, -0.2) is 13.2 Å². The van der Waals surface area contributed by atoms with Crippen molar-refractivity contribution in [2.75, 3.05) is 39.4 Å². The minimum atomic E-state index is -1.40. The molecule has 1 heterocycles. The number of rotatable bonds is 6. The maximum Gasteiger partial charge on any atom is 0.194 e. The van der Waals surface area contributed by atoms with E-state index in [1.807, 2.05) is 0 Å². The molecule has 0 saturated carbocycles. The molecule has 0 bridgehead atoms. The lowest BCUT2D eigenvalue weighted by Crippen LogP contribution is -2.37. The van der Waals surface area contributed by atoms with Gasteiger partial charge in [-0.15, -0.1) is 0 Å². The Labute approximate surface area is 116 Å². The van der Waals surface area contributed by atoms with Gasteiger partial charge in [-0.3, -0.25) is 4.90 Å². The van der Waals surface area contributed by atoms with Crippen molar-refractivity contribution in [1.82, 2.24) is 10.2 Å². The van der Waals surface area contributed by atoms with E-state index in [1.54, 1.807) is 0 Å². The molecular weight excluding hydrogens is 269 g/mol. The Balaban J connectivity index is 1.67. The summed E-state index contributed by atoms with van der Waals surface area (Å²) in [5.74, 6) is -3.66. The van der Waals surface area contributed by atoms with Crippen molar-refractivity contribution < 1.29 is 17.9 Å².